The van der Waals surface area contributed by atoms with Crippen molar-refractivity contribution in [2.24, 2.45) is 5.92 Å². The number of aromatic nitrogens is 2. The molecular formula is C17H18N4O3. The topological polar surface area (TPSA) is 109 Å². The molecule has 0 saturated carbocycles. The maximum absolute atomic E-state index is 12.7. The Morgan fingerprint density at radius 1 is 1.25 bits per heavy atom. The summed E-state index contributed by atoms with van der Waals surface area (Å²) in [5, 5.41) is 17.3. The van der Waals surface area contributed by atoms with Gasteiger partial charge in [-0.2, -0.15) is 0 Å². The quantitative estimate of drug-likeness (QED) is 0.886. The van der Waals surface area contributed by atoms with Gasteiger partial charge in [-0.3, -0.25) is 4.79 Å². The van der Waals surface area contributed by atoms with Crippen LogP contribution in [0, 0.1) is 5.92 Å². The summed E-state index contributed by atoms with van der Waals surface area (Å²) in [6, 6.07) is 7.95. The Labute approximate surface area is 139 Å². The molecule has 2 heterocycles. The summed E-state index contributed by atoms with van der Waals surface area (Å²) < 4.78 is 0. The van der Waals surface area contributed by atoms with E-state index in [9.17, 15) is 14.7 Å². The number of nitrogen functional groups attached to an aromatic ring is 1. The molecule has 3 N–H and O–H groups in total. The normalized spacial score (nSPS) is 14.8. The molecule has 0 fully saturated rings. The minimum absolute atomic E-state index is 0.178. The molecule has 1 atom stereocenters. The first-order valence-electron chi connectivity index (χ1n) is 7.64. The van der Waals surface area contributed by atoms with Crippen LogP contribution in [0.2, 0.25) is 0 Å². The van der Waals surface area contributed by atoms with E-state index in [-0.39, 0.29) is 11.8 Å². The van der Waals surface area contributed by atoms with Gasteiger partial charge in [0.25, 0.3) is 5.91 Å². The first-order valence-corrected chi connectivity index (χ1v) is 7.64. The lowest BCUT2D eigenvalue weighted by molar-refractivity contribution is -0.144. The maximum atomic E-state index is 12.7. The van der Waals surface area contributed by atoms with Gasteiger partial charge in [0.05, 0.1) is 5.69 Å². The Morgan fingerprint density at radius 3 is 2.58 bits per heavy atom. The second kappa shape index (κ2) is 5.92. The largest absolute Gasteiger partial charge is 0.480 e. The van der Waals surface area contributed by atoms with Crippen molar-refractivity contribution in [3.8, 4) is 11.3 Å². The van der Waals surface area contributed by atoms with Crippen LogP contribution in [0.3, 0.4) is 0 Å². The third kappa shape index (κ3) is 2.68. The molecule has 1 aromatic heterocycles. The van der Waals surface area contributed by atoms with E-state index in [0.29, 0.717) is 23.6 Å². The lowest BCUT2D eigenvalue weighted by atomic mass is 10.0. The molecule has 0 aliphatic carbocycles. The van der Waals surface area contributed by atoms with Gasteiger partial charge >= 0.3 is 5.97 Å². The van der Waals surface area contributed by atoms with Gasteiger partial charge in [0.1, 0.15) is 11.9 Å². The van der Waals surface area contributed by atoms with Gasteiger partial charge < -0.3 is 15.7 Å². The molecule has 7 nitrogen and oxygen atoms in total. The first-order chi connectivity index (χ1) is 11.4. The predicted octanol–water partition coefficient (Wildman–Crippen LogP) is 1.79. The van der Waals surface area contributed by atoms with Gasteiger partial charge in [-0.1, -0.05) is 26.0 Å². The molecule has 2 aromatic rings. The lowest BCUT2D eigenvalue weighted by Crippen LogP contribution is -2.44. The van der Waals surface area contributed by atoms with E-state index in [1.54, 1.807) is 32.0 Å². The average Bonchev–Trinajstić information content (AvgIpc) is 2.84. The zero-order valence-corrected chi connectivity index (χ0v) is 13.4. The highest BCUT2D eigenvalue weighted by atomic mass is 16.4. The molecule has 1 amide bonds. The van der Waals surface area contributed by atoms with E-state index in [4.69, 9.17) is 5.73 Å². The summed E-state index contributed by atoms with van der Waals surface area (Å²) in [6.07, 6.45) is 0. The molecule has 1 aliphatic heterocycles. The van der Waals surface area contributed by atoms with E-state index < -0.39 is 12.0 Å². The van der Waals surface area contributed by atoms with E-state index >= 15 is 0 Å². The van der Waals surface area contributed by atoms with Crippen molar-refractivity contribution in [3.05, 3.63) is 41.5 Å². The Hall–Kier alpha value is -2.96. The van der Waals surface area contributed by atoms with Gasteiger partial charge in [-0.25, -0.2) is 4.79 Å². The van der Waals surface area contributed by atoms with E-state index in [1.165, 1.54) is 4.90 Å². The molecule has 0 spiro atoms. The summed E-state index contributed by atoms with van der Waals surface area (Å²) in [5.74, 6) is -1.11. The van der Waals surface area contributed by atoms with Crippen molar-refractivity contribution in [3.63, 3.8) is 0 Å². The van der Waals surface area contributed by atoms with Gasteiger partial charge in [0.2, 0.25) is 0 Å². The smallest absolute Gasteiger partial charge is 0.326 e. The number of hydrogen-bond acceptors (Lipinski definition) is 5. The fourth-order valence-electron chi connectivity index (χ4n) is 2.98. The van der Waals surface area contributed by atoms with Crippen molar-refractivity contribution >= 4 is 17.7 Å². The molecule has 124 valence electrons. The fourth-order valence-corrected chi connectivity index (χ4v) is 2.98. The van der Waals surface area contributed by atoms with Crippen LogP contribution in [0.1, 0.15) is 29.8 Å². The molecular weight excluding hydrogens is 308 g/mol. The Bertz CT molecular complexity index is 802. The Balaban J connectivity index is 1.95. The molecule has 24 heavy (non-hydrogen) atoms. The summed E-state index contributed by atoms with van der Waals surface area (Å²) >= 11 is 0. The number of amides is 1. The van der Waals surface area contributed by atoms with Crippen LogP contribution in [-0.2, 0) is 11.3 Å². The van der Waals surface area contributed by atoms with Crippen LogP contribution in [0.15, 0.2) is 30.3 Å². The maximum Gasteiger partial charge on any atom is 0.326 e. The molecule has 1 unspecified atom stereocenters. The van der Waals surface area contributed by atoms with E-state index in [1.807, 2.05) is 12.1 Å². The van der Waals surface area contributed by atoms with E-state index in [2.05, 4.69) is 10.2 Å². The van der Waals surface area contributed by atoms with Crippen LogP contribution in [0.4, 0.5) is 5.82 Å². The lowest BCUT2D eigenvalue weighted by Gasteiger charge is -2.27. The van der Waals surface area contributed by atoms with Crippen LogP contribution < -0.4 is 5.73 Å². The van der Waals surface area contributed by atoms with Gasteiger partial charge in [-0.05, 0) is 29.7 Å². The molecule has 0 radical (unpaired) electrons. The van der Waals surface area contributed by atoms with E-state index in [0.717, 1.165) is 11.1 Å². The number of aliphatic carboxylic acids is 1. The monoisotopic (exact) mass is 326 g/mol. The summed E-state index contributed by atoms with van der Waals surface area (Å²) in [5.41, 5.74) is 8.22. The number of carbonyl (C=O) groups excluding carboxylic acids is 1. The number of anilines is 1. The third-order valence-corrected chi connectivity index (χ3v) is 4.14. The summed E-state index contributed by atoms with van der Waals surface area (Å²) in [6.45, 7) is 3.89. The van der Waals surface area contributed by atoms with Crippen LogP contribution in [0.5, 0.6) is 0 Å². The minimum Gasteiger partial charge on any atom is -0.480 e. The predicted molar refractivity (Wildman–Crippen MR) is 88.0 cm³/mol. The molecule has 1 aliphatic rings. The van der Waals surface area contributed by atoms with Gasteiger partial charge in [0.15, 0.2) is 0 Å². The molecule has 0 saturated heterocycles. The number of hydrogen-bond donors (Lipinski definition) is 2. The van der Waals surface area contributed by atoms with Gasteiger partial charge in [0, 0.05) is 17.7 Å². The molecule has 7 heteroatoms. The number of fused-ring (bicyclic) bond motifs is 1. The Morgan fingerprint density at radius 2 is 2.00 bits per heavy atom. The second-order valence-electron chi connectivity index (χ2n) is 6.18. The van der Waals surface area contributed by atoms with Crippen molar-refractivity contribution in [1.29, 1.82) is 0 Å². The van der Waals surface area contributed by atoms with Gasteiger partial charge in [-0.15, -0.1) is 10.2 Å². The van der Waals surface area contributed by atoms with Crippen molar-refractivity contribution < 1.29 is 14.7 Å². The Kier molecular flexibility index (Phi) is 3.92. The number of nitrogens with zero attached hydrogens (tertiary/aromatic N) is 3. The number of carboxylic acid groups (broad SMARTS) is 1. The average molecular weight is 326 g/mol. The number of nitrogens with two attached hydrogens (primary N) is 1. The first kappa shape index (κ1) is 15.9. The second-order valence-corrected chi connectivity index (χ2v) is 6.18. The molecule has 0 bridgehead atoms. The third-order valence-electron chi connectivity index (χ3n) is 4.14. The van der Waals surface area contributed by atoms with Crippen molar-refractivity contribution in [2.45, 2.75) is 26.4 Å². The minimum atomic E-state index is -0.990. The fraction of sp³-hybridized carbons (Fsp3) is 0.294. The number of carbonyl (C=O) groups is 2. The van der Waals surface area contributed by atoms with Crippen molar-refractivity contribution in [1.82, 2.24) is 15.1 Å². The SMILES string of the molecule is CC(C)C(C(=O)O)N1Cc2ccc(-c3ccc(N)nn3)cc2C1=O. The number of rotatable bonds is 4. The highest BCUT2D eigenvalue weighted by molar-refractivity contribution is 6.01. The standard InChI is InChI=1S/C17H18N4O3/c1-9(2)15(17(23)24)21-8-11-4-3-10(7-12(11)16(21)22)13-5-6-14(18)20-19-13/h3-7,9,15H,8H2,1-2H3,(H2,18,20)(H,23,24). The molecule has 1 aromatic carbocycles. The van der Waals surface area contributed by atoms with Crippen LogP contribution in [0.25, 0.3) is 11.3 Å². The summed E-state index contributed by atoms with van der Waals surface area (Å²) in [7, 11) is 0. The zero-order valence-electron chi connectivity index (χ0n) is 13.4. The summed E-state index contributed by atoms with van der Waals surface area (Å²) in [4.78, 5) is 25.6. The van der Waals surface area contributed by atoms with Crippen LogP contribution in [-0.4, -0.2) is 38.1 Å². The number of benzene rings is 1. The van der Waals surface area contributed by atoms with Crippen LogP contribution >= 0.6 is 0 Å². The van der Waals surface area contributed by atoms with Crippen molar-refractivity contribution in [2.75, 3.05) is 5.73 Å². The molecule has 3 rings (SSSR count). The highest BCUT2D eigenvalue weighted by Crippen LogP contribution is 2.30. The zero-order chi connectivity index (χ0) is 17.4. The highest BCUT2D eigenvalue weighted by Gasteiger charge is 2.38. The number of carboxylic acids is 1.